The van der Waals surface area contributed by atoms with Gasteiger partial charge >= 0.3 is 0 Å². The molecular weight excluding hydrogens is 260 g/mol. The number of benzene rings is 1. The van der Waals surface area contributed by atoms with Gasteiger partial charge in [-0.25, -0.2) is 0 Å². The van der Waals surface area contributed by atoms with Crippen molar-refractivity contribution in [3.63, 3.8) is 0 Å². The Morgan fingerprint density at radius 1 is 1.33 bits per heavy atom. The van der Waals surface area contributed by atoms with Crippen LogP contribution in [0.15, 0.2) is 24.3 Å². The molecule has 2 N–H and O–H groups in total. The molecule has 0 bridgehead atoms. The summed E-state index contributed by atoms with van der Waals surface area (Å²) >= 11 is 0. The maximum Gasteiger partial charge on any atom is 0.223 e. The van der Waals surface area contributed by atoms with E-state index in [1.807, 2.05) is 4.90 Å². The molecule has 2 atom stereocenters. The van der Waals surface area contributed by atoms with Gasteiger partial charge in [-0.1, -0.05) is 38.1 Å². The van der Waals surface area contributed by atoms with E-state index in [-0.39, 0.29) is 18.0 Å². The van der Waals surface area contributed by atoms with Crippen LogP contribution in [0, 0.1) is 0 Å². The number of hydrogen-bond donors (Lipinski definition) is 1. The molecule has 0 aromatic heterocycles. The highest BCUT2D eigenvalue weighted by Gasteiger charge is 2.26. The molecule has 0 aliphatic carbocycles. The third-order valence-corrected chi connectivity index (χ3v) is 4.51. The number of nitrogens with two attached hydrogens (primary N) is 1. The van der Waals surface area contributed by atoms with Crippen LogP contribution in [0.2, 0.25) is 0 Å². The van der Waals surface area contributed by atoms with Gasteiger partial charge in [0, 0.05) is 25.0 Å². The third-order valence-electron chi connectivity index (χ3n) is 4.51. The van der Waals surface area contributed by atoms with E-state index >= 15 is 0 Å². The third kappa shape index (κ3) is 4.31. The predicted octanol–water partition coefficient (Wildman–Crippen LogP) is 3.08. The quantitative estimate of drug-likeness (QED) is 0.925. The second-order valence-electron chi connectivity index (χ2n) is 6.62. The van der Waals surface area contributed by atoms with Gasteiger partial charge in [0.25, 0.3) is 0 Å². The first-order valence-electron chi connectivity index (χ1n) is 8.11. The van der Waals surface area contributed by atoms with Crippen molar-refractivity contribution in [2.24, 2.45) is 5.73 Å². The summed E-state index contributed by atoms with van der Waals surface area (Å²) in [5, 5.41) is 0. The first-order valence-corrected chi connectivity index (χ1v) is 8.11. The molecule has 3 heteroatoms. The molecule has 1 saturated heterocycles. The van der Waals surface area contributed by atoms with Crippen molar-refractivity contribution < 1.29 is 4.79 Å². The van der Waals surface area contributed by atoms with E-state index in [0.717, 1.165) is 25.8 Å². The van der Waals surface area contributed by atoms with Crippen LogP contribution in [0.1, 0.15) is 57.1 Å². The zero-order valence-corrected chi connectivity index (χ0v) is 13.5. The fourth-order valence-electron chi connectivity index (χ4n) is 3.04. The molecule has 1 aromatic rings. The topological polar surface area (TPSA) is 46.3 Å². The van der Waals surface area contributed by atoms with Gasteiger partial charge in [-0.3, -0.25) is 4.79 Å². The lowest BCUT2D eigenvalue weighted by atomic mass is 9.97. The molecule has 3 nitrogen and oxygen atoms in total. The summed E-state index contributed by atoms with van der Waals surface area (Å²) in [6.45, 7) is 7.31. The van der Waals surface area contributed by atoms with Crippen LogP contribution in [0.4, 0.5) is 0 Å². The summed E-state index contributed by atoms with van der Waals surface area (Å²) in [4.78, 5) is 14.4. The highest BCUT2D eigenvalue weighted by Crippen LogP contribution is 2.19. The molecule has 1 aliphatic rings. The lowest BCUT2D eigenvalue weighted by Gasteiger charge is -2.36. The van der Waals surface area contributed by atoms with Gasteiger partial charge in [-0.15, -0.1) is 0 Å². The van der Waals surface area contributed by atoms with E-state index in [2.05, 4.69) is 45.0 Å². The van der Waals surface area contributed by atoms with Gasteiger partial charge < -0.3 is 10.6 Å². The van der Waals surface area contributed by atoms with E-state index in [9.17, 15) is 4.79 Å². The normalized spacial score (nSPS) is 22.6. The molecule has 1 aliphatic heterocycles. The summed E-state index contributed by atoms with van der Waals surface area (Å²) in [5.74, 6) is 0.821. The van der Waals surface area contributed by atoms with Crippen LogP contribution >= 0.6 is 0 Å². The molecule has 2 rings (SSSR count). The minimum absolute atomic E-state index is 0.257. The van der Waals surface area contributed by atoms with Crippen LogP contribution < -0.4 is 5.73 Å². The molecule has 21 heavy (non-hydrogen) atoms. The van der Waals surface area contributed by atoms with Crippen molar-refractivity contribution in [1.29, 1.82) is 0 Å². The van der Waals surface area contributed by atoms with Crippen molar-refractivity contribution in [3.05, 3.63) is 35.4 Å². The Morgan fingerprint density at radius 2 is 2.00 bits per heavy atom. The van der Waals surface area contributed by atoms with Crippen molar-refractivity contribution in [2.75, 3.05) is 6.54 Å². The number of piperidine rings is 1. The van der Waals surface area contributed by atoms with E-state index in [1.165, 1.54) is 11.1 Å². The predicted molar refractivity (Wildman–Crippen MR) is 87.2 cm³/mol. The Balaban J connectivity index is 1.86. The van der Waals surface area contributed by atoms with Crippen molar-refractivity contribution in [3.8, 4) is 0 Å². The lowest BCUT2D eigenvalue weighted by molar-refractivity contribution is -0.134. The Labute approximate surface area is 128 Å². The van der Waals surface area contributed by atoms with Gasteiger partial charge in [0.05, 0.1) is 0 Å². The zero-order chi connectivity index (χ0) is 15.4. The number of hydrogen-bond acceptors (Lipinski definition) is 2. The lowest BCUT2D eigenvalue weighted by Crippen LogP contribution is -2.48. The summed E-state index contributed by atoms with van der Waals surface area (Å²) in [5.41, 5.74) is 8.55. The van der Waals surface area contributed by atoms with Crippen LogP contribution in [0.5, 0.6) is 0 Å². The Bertz CT molecular complexity index is 467. The number of likely N-dealkylation sites (tertiary alicyclic amines) is 1. The van der Waals surface area contributed by atoms with Crippen molar-refractivity contribution in [1.82, 2.24) is 4.90 Å². The van der Waals surface area contributed by atoms with Crippen LogP contribution in [0.3, 0.4) is 0 Å². The molecule has 116 valence electrons. The second-order valence-corrected chi connectivity index (χ2v) is 6.62. The van der Waals surface area contributed by atoms with E-state index in [1.54, 1.807) is 0 Å². The van der Waals surface area contributed by atoms with E-state index in [4.69, 9.17) is 5.73 Å². The fourth-order valence-corrected chi connectivity index (χ4v) is 3.04. The number of carbonyl (C=O) groups excluding carboxylic acids is 1. The first kappa shape index (κ1) is 16.0. The molecule has 1 amide bonds. The highest BCUT2D eigenvalue weighted by atomic mass is 16.2. The van der Waals surface area contributed by atoms with Crippen molar-refractivity contribution in [2.45, 2.75) is 64.5 Å². The summed E-state index contributed by atoms with van der Waals surface area (Å²) in [7, 11) is 0. The average molecular weight is 288 g/mol. The van der Waals surface area contributed by atoms with Gasteiger partial charge in [-0.2, -0.15) is 0 Å². The maximum absolute atomic E-state index is 12.3. The highest BCUT2D eigenvalue weighted by molar-refractivity contribution is 5.76. The van der Waals surface area contributed by atoms with Gasteiger partial charge in [0.15, 0.2) is 0 Å². The summed E-state index contributed by atoms with van der Waals surface area (Å²) in [6.07, 6.45) is 3.28. The molecule has 1 fully saturated rings. The van der Waals surface area contributed by atoms with Gasteiger partial charge in [-0.05, 0) is 43.2 Å². The van der Waals surface area contributed by atoms with Gasteiger partial charge in [0.2, 0.25) is 5.91 Å². The zero-order valence-electron chi connectivity index (χ0n) is 13.5. The van der Waals surface area contributed by atoms with Crippen LogP contribution in [-0.4, -0.2) is 29.4 Å². The van der Waals surface area contributed by atoms with E-state index in [0.29, 0.717) is 12.3 Å². The average Bonchev–Trinajstić information content (AvgIpc) is 2.45. The molecule has 1 aromatic carbocycles. The van der Waals surface area contributed by atoms with Crippen molar-refractivity contribution >= 4 is 5.91 Å². The maximum atomic E-state index is 12.3. The minimum Gasteiger partial charge on any atom is -0.340 e. The standard InChI is InChI=1S/C18H28N2O/c1-13(2)16-7-4-15(5-8-16)6-9-18(21)20-11-10-17(19)12-14(20)3/h4-5,7-8,13-14,17H,6,9-12,19H2,1-3H3. The molecule has 2 unspecified atom stereocenters. The summed E-state index contributed by atoms with van der Waals surface area (Å²) < 4.78 is 0. The van der Waals surface area contributed by atoms with Gasteiger partial charge in [0.1, 0.15) is 0 Å². The number of amides is 1. The fraction of sp³-hybridized carbons (Fsp3) is 0.611. The Morgan fingerprint density at radius 3 is 2.57 bits per heavy atom. The number of nitrogens with zero attached hydrogens (tertiary/aromatic N) is 1. The first-order chi connectivity index (χ1) is 9.97. The number of rotatable bonds is 4. The summed E-state index contributed by atoms with van der Waals surface area (Å²) in [6, 6.07) is 9.19. The molecule has 1 heterocycles. The second kappa shape index (κ2) is 7.08. The van der Waals surface area contributed by atoms with Crippen LogP contribution in [-0.2, 0) is 11.2 Å². The van der Waals surface area contributed by atoms with Crippen LogP contribution in [0.25, 0.3) is 0 Å². The monoisotopic (exact) mass is 288 g/mol. The SMILES string of the molecule is CC(C)c1ccc(CCC(=O)N2CCC(N)CC2C)cc1. The molecule has 0 saturated carbocycles. The number of carbonyl (C=O) groups is 1. The Kier molecular flexibility index (Phi) is 5.40. The van der Waals surface area contributed by atoms with E-state index < -0.39 is 0 Å². The smallest absolute Gasteiger partial charge is 0.223 e. The molecule has 0 radical (unpaired) electrons. The molecule has 0 spiro atoms. The largest absolute Gasteiger partial charge is 0.340 e. The number of aryl methyl sites for hydroxylation is 1. The Hall–Kier alpha value is -1.35. The molecular formula is C18H28N2O. The minimum atomic E-state index is 0.257.